The largest absolute Gasteiger partial charge is 0.388 e. The van der Waals surface area contributed by atoms with E-state index in [1.165, 1.54) is 0 Å². The van der Waals surface area contributed by atoms with Crippen molar-refractivity contribution in [2.24, 2.45) is 0 Å². The van der Waals surface area contributed by atoms with Crippen LogP contribution < -0.4 is 0 Å². The molecule has 0 atom stereocenters. The average Bonchev–Trinajstić information content (AvgIpc) is 1.91. The minimum atomic E-state index is 0.438. The molecule has 0 N–H and O–H groups in total. The summed E-state index contributed by atoms with van der Waals surface area (Å²) < 4.78 is 14.0. The van der Waals surface area contributed by atoms with E-state index >= 15 is 0 Å². The van der Waals surface area contributed by atoms with E-state index in [1.54, 1.807) is 14.2 Å². The van der Waals surface area contributed by atoms with Gasteiger partial charge in [-0.25, -0.2) is 0 Å². The standard InChI is InChI=1S/C5H12O2.C2H6O/c1-3-6-5-7-4-2;1-3-2/h3-5H2,1-2H3;1-2H3. The van der Waals surface area contributed by atoms with Crippen molar-refractivity contribution in [2.45, 2.75) is 13.8 Å². The van der Waals surface area contributed by atoms with Gasteiger partial charge in [0.1, 0.15) is 6.79 Å². The number of ether oxygens (including phenoxy) is 3. The first-order valence-corrected chi connectivity index (χ1v) is 3.39. The fraction of sp³-hybridized carbons (Fsp3) is 1.00. The molecule has 0 spiro atoms. The molecule has 0 aliphatic rings. The van der Waals surface area contributed by atoms with E-state index in [4.69, 9.17) is 9.47 Å². The molecule has 0 fully saturated rings. The molecule has 10 heavy (non-hydrogen) atoms. The van der Waals surface area contributed by atoms with Gasteiger partial charge in [0.15, 0.2) is 0 Å². The monoisotopic (exact) mass is 150 g/mol. The van der Waals surface area contributed by atoms with Crippen molar-refractivity contribution < 1.29 is 14.2 Å². The Hall–Kier alpha value is -0.120. The van der Waals surface area contributed by atoms with Crippen molar-refractivity contribution in [2.75, 3.05) is 34.2 Å². The summed E-state index contributed by atoms with van der Waals surface area (Å²) in [4.78, 5) is 0. The van der Waals surface area contributed by atoms with E-state index < -0.39 is 0 Å². The van der Waals surface area contributed by atoms with Gasteiger partial charge < -0.3 is 14.2 Å². The molecule has 0 aromatic carbocycles. The zero-order valence-corrected chi connectivity index (χ0v) is 7.35. The molecule has 3 nitrogen and oxygen atoms in total. The first-order valence-electron chi connectivity index (χ1n) is 3.39. The molecule has 0 heterocycles. The molecule has 0 radical (unpaired) electrons. The van der Waals surface area contributed by atoms with Crippen LogP contribution in [0.4, 0.5) is 0 Å². The summed E-state index contributed by atoms with van der Waals surface area (Å²) in [7, 11) is 3.25. The lowest BCUT2D eigenvalue weighted by atomic mass is 10.9. The summed E-state index contributed by atoms with van der Waals surface area (Å²) in [5.41, 5.74) is 0. The van der Waals surface area contributed by atoms with E-state index in [-0.39, 0.29) is 0 Å². The second kappa shape index (κ2) is 15.9. The van der Waals surface area contributed by atoms with Gasteiger partial charge in [-0.15, -0.1) is 0 Å². The Balaban J connectivity index is 0. The molecular formula is C7H18O3. The number of rotatable bonds is 4. The molecule has 0 amide bonds. The predicted octanol–water partition coefficient (Wildman–Crippen LogP) is 1.28. The van der Waals surface area contributed by atoms with Crippen LogP contribution in [0.3, 0.4) is 0 Å². The summed E-state index contributed by atoms with van der Waals surface area (Å²) in [5.74, 6) is 0. The predicted molar refractivity (Wildman–Crippen MR) is 41.1 cm³/mol. The molecule has 0 aliphatic carbocycles. The highest BCUT2D eigenvalue weighted by Crippen LogP contribution is 1.74. The van der Waals surface area contributed by atoms with Gasteiger partial charge in [-0.2, -0.15) is 0 Å². The van der Waals surface area contributed by atoms with Crippen molar-refractivity contribution in [3.8, 4) is 0 Å². The lowest BCUT2D eigenvalue weighted by Gasteiger charge is -1.97. The van der Waals surface area contributed by atoms with Crippen LogP contribution >= 0.6 is 0 Å². The first-order chi connectivity index (χ1) is 4.83. The van der Waals surface area contributed by atoms with Crippen molar-refractivity contribution in [1.82, 2.24) is 0 Å². The van der Waals surface area contributed by atoms with Gasteiger partial charge in [0.25, 0.3) is 0 Å². The maximum absolute atomic E-state index is 4.85. The summed E-state index contributed by atoms with van der Waals surface area (Å²) in [6, 6.07) is 0. The zero-order valence-electron chi connectivity index (χ0n) is 7.35. The molecule has 0 aromatic heterocycles. The van der Waals surface area contributed by atoms with Crippen LogP contribution in [0.5, 0.6) is 0 Å². The third-order valence-corrected chi connectivity index (χ3v) is 0.575. The third kappa shape index (κ3) is 24.8. The topological polar surface area (TPSA) is 27.7 Å². The van der Waals surface area contributed by atoms with Crippen molar-refractivity contribution in [3.05, 3.63) is 0 Å². The van der Waals surface area contributed by atoms with Gasteiger partial charge in [-0.3, -0.25) is 0 Å². The Morgan fingerprint density at radius 1 is 0.900 bits per heavy atom. The summed E-state index contributed by atoms with van der Waals surface area (Å²) in [6.45, 7) is 5.80. The second-order valence-corrected chi connectivity index (χ2v) is 1.51. The summed E-state index contributed by atoms with van der Waals surface area (Å²) in [6.07, 6.45) is 0. The SMILES string of the molecule is CCOCOCC.COC. The van der Waals surface area contributed by atoms with Crippen LogP contribution in [0, 0.1) is 0 Å². The molecule has 3 heteroatoms. The third-order valence-electron chi connectivity index (χ3n) is 0.575. The van der Waals surface area contributed by atoms with Gasteiger partial charge in [-0.1, -0.05) is 0 Å². The molecular weight excluding hydrogens is 132 g/mol. The van der Waals surface area contributed by atoms with Crippen LogP contribution in [-0.2, 0) is 14.2 Å². The number of hydrogen-bond acceptors (Lipinski definition) is 3. The molecule has 0 rings (SSSR count). The zero-order chi connectivity index (χ0) is 8.24. The fourth-order valence-corrected chi connectivity index (χ4v) is 0.226. The van der Waals surface area contributed by atoms with Gasteiger partial charge in [0.05, 0.1) is 0 Å². The van der Waals surface area contributed by atoms with Gasteiger partial charge in [0, 0.05) is 27.4 Å². The Kier molecular flexibility index (Phi) is 20.0. The normalized spacial score (nSPS) is 8.40. The smallest absolute Gasteiger partial charge is 0.146 e. The van der Waals surface area contributed by atoms with Crippen LogP contribution in [0.15, 0.2) is 0 Å². The van der Waals surface area contributed by atoms with E-state index in [2.05, 4.69) is 4.74 Å². The van der Waals surface area contributed by atoms with Gasteiger partial charge in [-0.05, 0) is 13.8 Å². The lowest BCUT2D eigenvalue weighted by molar-refractivity contribution is -0.0445. The minimum Gasteiger partial charge on any atom is -0.388 e. The molecule has 64 valence electrons. The van der Waals surface area contributed by atoms with Crippen molar-refractivity contribution in [1.29, 1.82) is 0 Å². The summed E-state index contributed by atoms with van der Waals surface area (Å²) >= 11 is 0. The molecule has 0 saturated heterocycles. The van der Waals surface area contributed by atoms with Crippen molar-refractivity contribution in [3.63, 3.8) is 0 Å². The van der Waals surface area contributed by atoms with E-state index in [0.29, 0.717) is 6.79 Å². The molecule has 0 aromatic rings. The second-order valence-electron chi connectivity index (χ2n) is 1.51. The molecule has 0 bridgehead atoms. The van der Waals surface area contributed by atoms with Crippen LogP contribution in [-0.4, -0.2) is 34.2 Å². The Morgan fingerprint density at radius 2 is 1.20 bits per heavy atom. The Labute approximate surface area is 63.3 Å². The molecule has 0 unspecified atom stereocenters. The fourth-order valence-electron chi connectivity index (χ4n) is 0.226. The van der Waals surface area contributed by atoms with Crippen LogP contribution in [0.1, 0.15) is 13.8 Å². The van der Waals surface area contributed by atoms with E-state index in [9.17, 15) is 0 Å². The minimum absolute atomic E-state index is 0.438. The van der Waals surface area contributed by atoms with E-state index in [1.807, 2.05) is 13.8 Å². The molecule has 0 saturated carbocycles. The lowest BCUT2D eigenvalue weighted by Crippen LogP contribution is -1.97. The molecule has 0 aliphatic heterocycles. The Bertz CT molecular complexity index is 35.8. The van der Waals surface area contributed by atoms with Gasteiger partial charge in [0.2, 0.25) is 0 Å². The highest BCUT2D eigenvalue weighted by molar-refractivity contribution is 4.08. The maximum Gasteiger partial charge on any atom is 0.146 e. The van der Waals surface area contributed by atoms with Crippen molar-refractivity contribution >= 4 is 0 Å². The quantitative estimate of drug-likeness (QED) is 0.446. The first kappa shape index (κ1) is 12.5. The van der Waals surface area contributed by atoms with Gasteiger partial charge >= 0.3 is 0 Å². The van der Waals surface area contributed by atoms with Crippen LogP contribution in [0.25, 0.3) is 0 Å². The number of hydrogen-bond donors (Lipinski definition) is 0. The van der Waals surface area contributed by atoms with E-state index in [0.717, 1.165) is 13.2 Å². The maximum atomic E-state index is 4.85. The Morgan fingerprint density at radius 3 is 1.40 bits per heavy atom. The summed E-state index contributed by atoms with van der Waals surface area (Å²) in [5, 5.41) is 0. The average molecular weight is 150 g/mol. The highest BCUT2D eigenvalue weighted by atomic mass is 16.7. The highest BCUT2D eigenvalue weighted by Gasteiger charge is 1.76. The van der Waals surface area contributed by atoms with Crippen LogP contribution in [0.2, 0.25) is 0 Å². The number of methoxy groups -OCH3 is 1.